The number of hydrogen-bond donors (Lipinski definition) is 3. The molecular weight excluding hydrogens is 285 g/mol. The summed E-state index contributed by atoms with van der Waals surface area (Å²) in [6, 6.07) is 3.09. The van der Waals surface area contributed by atoms with Crippen LogP contribution < -0.4 is 5.32 Å². The van der Waals surface area contributed by atoms with Gasteiger partial charge in [-0.2, -0.15) is 0 Å². The lowest BCUT2D eigenvalue weighted by molar-refractivity contribution is -0.136. The number of nitrogens with one attached hydrogen (secondary N) is 1. The maximum atomic E-state index is 10.3. The van der Waals surface area contributed by atoms with Crippen molar-refractivity contribution in [3.8, 4) is 5.75 Å². The summed E-state index contributed by atoms with van der Waals surface area (Å²) < 4.78 is 0.466. The van der Waals surface area contributed by atoms with Gasteiger partial charge in [-0.15, -0.1) is 0 Å². The molecule has 0 amide bonds. The fraction of sp³-hybridized carbons (Fsp3) is 0.222. The Morgan fingerprint density at radius 1 is 1.53 bits per heavy atom. The fourth-order valence-electron chi connectivity index (χ4n) is 1.00. The third-order valence-corrected chi connectivity index (χ3v) is 2.51. The monoisotopic (exact) mass is 293 g/mol. The van der Waals surface area contributed by atoms with Gasteiger partial charge in [-0.3, -0.25) is 4.79 Å². The quantitative estimate of drug-likeness (QED) is 0.747. The van der Waals surface area contributed by atoms with E-state index in [0.717, 1.165) is 0 Å². The molecule has 0 saturated carbocycles. The van der Waals surface area contributed by atoms with Gasteiger partial charge in [-0.05, 0) is 28.1 Å². The molecule has 1 aromatic carbocycles. The summed E-state index contributed by atoms with van der Waals surface area (Å²) >= 11 is 8.89. The molecule has 0 aliphatic carbocycles. The number of anilines is 1. The molecule has 0 bridgehead atoms. The lowest BCUT2D eigenvalue weighted by atomic mass is 10.3. The van der Waals surface area contributed by atoms with E-state index < -0.39 is 5.97 Å². The van der Waals surface area contributed by atoms with Crippen molar-refractivity contribution in [3.05, 3.63) is 21.6 Å². The van der Waals surface area contributed by atoms with Crippen molar-refractivity contribution in [1.82, 2.24) is 0 Å². The number of aliphatic carboxylic acids is 1. The van der Waals surface area contributed by atoms with Crippen LogP contribution in [-0.2, 0) is 4.79 Å². The molecule has 0 atom stereocenters. The average molecular weight is 295 g/mol. The van der Waals surface area contributed by atoms with Crippen molar-refractivity contribution < 1.29 is 15.0 Å². The Labute approximate surface area is 100.0 Å². The van der Waals surface area contributed by atoms with Crippen LogP contribution in [0.3, 0.4) is 0 Å². The predicted molar refractivity (Wildman–Crippen MR) is 61.6 cm³/mol. The van der Waals surface area contributed by atoms with Gasteiger partial charge >= 0.3 is 5.97 Å². The van der Waals surface area contributed by atoms with Gasteiger partial charge in [-0.1, -0.05) is 11.6 Å². The predicted octanol–water partition coefficient (Wildman–Crippen LogP) is 2.69. The molecule has 4 nitrogen and oxygen atoms in total. The van der Waals surface area contributed by atoms with Gasteiger partial charge in [0.2, 0.25) is 0 Å². The highest BCUT2D eigenvalue weighted by molar-refractivity contribution is 9.10. The number of benzene rings is 1. The zero-order valence-corrected chi connectivity index (χ0v) is 9.97. The molecule has 3 N–H and O–H groups in total. The lowest BCUT2D eigenvalue weighted by Gasteiger charge is -2.09. The molecule has 0 heterocycles. The number of phenols is 1. The van der Waals surface area contributed by atoms with Gasteiger partial charge < -0.3 is 15.5 Å². The molecule has 0 aromatic heterocycles. The van der Waals surface area contributed by atoms with Crippen LogP contribution in [-0.4, -0.2) is 22.7 Å². The first kappa shape index (κ1) is 12.1. The summed E-state index contributed by atoms with van der Waals surface area (Å²) in [7, 11) is 0. The molecule has 6 heteroatoms. The number of halogens is 2. The number of aromatic hydroxyl groups is 1. The van der Waals surface area contributed by atoms with Crippen LogP contribution in [0.5, 0.6) is 5.75 Å². The first-order chi connectivity index (χ1) is 7.00. The van der Waals surface area contributed by atoms with E-state index in [-0.39, 0.29) is 18.7 Å². The average Bonchev–Trinajstić information content (AvgIpc) is 2.12. The Bertz CT molecular complexity index is 384. The molecule has 82 valence electrons. The molecule has 0 saturated heterocycles. The third kappa shape index (κ3) is 3.60. The Morgan fingerprint density at radius 2 is 2.20 bits per heavy atom. The Kier molecular flexibility index (Phi) is 4.23. The molecule has 0 aliphatic rings. The summed E-state index contributed by atoms with van der Waals surface area (Å²) in [5, 5.41) is 21.2. The van der Waals surface area contributed by atoms with Crippen LogP contribution in [0.4, 0.5) is 5.69 Å². The van der Waals surface area contributed by atoms with Crippen molar-refractivity contribution in [2.24, 2.45) is 0 Å². The topological polar surface area (TPSA) is 69.6 Å². The van der Waals surface area contributed by atoms with Crippen LogP contribution >= 0.6 is 27.5 Å². The molecule has 0 unspecified atom stereocenters. The number of rotatable bonds is 4. The van der Waals surface area contributed by atoms with Crippen LogP contribution in [0.25, 0.3) is 0 Å². The maximum Gasteiger partial charge on any atom is 0.305 e. The summed E-state index contributed by atoms with van der Waals surface area (Å²) in [6.45, 7) is 0.232. The van der Waals surface area contributed by atoms with Gasteiger partial charge in [0.25, 0.3) is 0 Å². The van der Waals surface area contributed by atoms with Crippen LogP contribution in [0.15, 0.2) is 16.6 Å². The second-order valence-corrected chi connectivity index (χ2v) is 4.15. The third-order valence-electron chi connectivity index (χ3n) is 1.68. The number of carboxylic acid groups (broad SMARTS) is 1. The lowest BCUT2D eigenvalue weighted by Crippen LogP contribution is -2.07. The van der Waals surface area contributed by atoms with E-state index in [9.17, 15) is 9.90 Å². The molecule has 15 heavy (non-hydrogen) atoms. The van der Waals surface area contributed by atoms with E-state index >= 15 is 0 Å². The Morgan fingerprint density at radius 3 is 2.80 bits per heavy atom. The second-order valence-electron chi connectivity index (χ2n) is 2.85. The van der Waals surface area contributed by atoms with Gasteiger partial charge in [0, 0.05) is 11.6 Å². The highest BCUT2D eigenvalue weighted by Crippen LogP contribution is 2.35. The van der Waals surface area contributed by atoms with E-state index in [1.165, 1.54) is 6.07 Å². The van der Waals surface area contributed by atoms with E-state index in [0.29, 0.717) is 15.2 Å². The molecule has 0 fully saturated rings. The Hall–Kier alpha value is -0.940. The molecule has 0 radical (unpaired) electrons. The van der Waals surface area contributed by atoms with Crippen molar-refractivity contribution in [2.75, 3.05) is 11.9 Å². The molecule has 0 spiro atoms. The van der Waals surface area contributed by atoms with E-state index in [2.05, 4.69) is 21.2 Å². The molecule has 1 aromatic rings. The fourth-order valence-corrected chi connectivity index (χ4v) is 1.82. The minimum atomic E-state index is -0.900. The van der Waals surface area contributed by atoms with Gasteiger partial charge in [-0.25, -0.2) is 0 Å². The summed E-state index contributed by atoms with van der Waals surface area (Å²) in [4.78, 5) is 10.3. The van der Waals surface area contributed by atoms with Gasteiger partial charge in [0.05, 0.1) is 16.6 Å². The zero-order valence-electron chi connectivity index (χ0n) is 7.63. The molecular formula is C9H9BrClNO3. The molecule has 1 rings (SSSR count). The van der Waals surface area contributed by atoms with Crippen LogP contribution in [0.1, 0.15) is 6.42 Å². The minimum absolute atomic E-state index is 0.0183. The van der Waals surface area contributed by atoms with Crippen molar-refractivity contribution >= 4 is 39.2 Å². The maximum absolute atomic E-state index is 10.3. The van der Waals surface area contributed by atoms with Crippen molar-refractivity contribution in [1.29, 1.82) is 0 Å². The smallest absolute Gasteiger partial charge is 0.305 e. The molecule has 0 aliphatic heterocycles. The number of hydrogen-bond acceptors (Lipinski definition) is 3. The first-order valence-corrected chi connectivity index (χ1v) is 5.31. The normalized spacial score (nSPS) is 10.0. The Balaban J connectivity index is 2.72. The van der Waals surface area contributed by atoms with Crippen molar-refractivity contribution in [3.63, 3.8) is 0 Å². The summed E-state index contributed by atoms with van der Waals surface area (Å²) in [6.07, 6.45) is -0.0242. The SMILES string of the molecule is O=C(O)CCNc1cc(Cl)cc(Br)c1O. The zero-order chi connectivity index (χ0) is 11.4. The first-order valence-electron chi connectivity index (χ1n) is 4.14. The van der Waals surface area contributed by atoms with Gasteiger partial charge in [0.15, 0.2) is 5.75 Å². The summed E-state index contributed by atoms with van der Waals surface area (Å²) in [5.41, 5.74) is 0.413. The van der Waals surface area contributed by atoms with E-state index in [1.54, 1.807) is 6.07 Å². The number of carbonyl (C=O) groups is 1. The minimum Gasteiger partial charge on any atom is -0.505 e. The highest BCUT2D eigenvalue weighted by atomic mass is 79.9. The van der Waals surface area contributed by atoms with Gasteiger partial charge in [0.1, 0.15) is 0 Å². The number of phenolic OH excluding ortho intramolecular Hbond substituents is 1. The van der Waals surface area contributed by atoms with Crippen LogP contribution in [0, 0.1) is 0 Å². The largest absolute Gasteiger partial charge is 0.505 e. The van der Waals surface area contributed by atoms with Crippen LogP contribution in [0.2, 0.25) is 5.02 Å². The van der Waals surface area contributed by atoms with Crippen molar-refractivity contribution in [2.45, 2.75) is 6.42 Å². The van der Waals surface area contributed by atoms with E-state index in [4.69, 9.17) is 16.7 Å². The standard InChI is InChI=1S/C9H9BrClNO3/c10-6-3-5(11)4-7(9(6)15)12-2-1-8(13)14/h3-4,12,15H,1-2H2,(H,13,14). The van der Waals surface area contributed by atoms with E-state index in [1.807, 2.05) is 0 Å². The summed E-state index contributed by atoms with van der Waals surface area (Å²) in [5.74, 6) is -0.882. The number of carboxylic acids is 1. The highest BCUT2D eigenvalue weighted by Gasteiger charge is 2.07. The second kappa shape index (κ2) is 5.23.